The molecule has 0 saturated carbocycles. The predicted molar refractivity (Wildman–Crippen MR) is 106 cm³/mol. The highest BCUT2D eigenvalue weighted by atomic mass is 35.5. The SMILES string of the molecule is Cc1ccc(C(C)NC(=O)CN(c2cc(C(F)(F)F)ccc2Cl)S(C)(=O)=O)cc1. The van der Waals surface area contributed by atoms with Crippen LogP contribution in [0.3, 0.4) is 0 Å². The maximum absolute atomic E-state index is 13.0. The number of amides is 1. The van der Waals surface area contributed by atoms with Crippen LogP contribution in [-0.4, -0.2) is 27.1 Å². The number of benzene rings is 2. The van der Waals surface area contributed by atoms with Crippen molar-refractivity contribution in [3.8, 4) is 0 Å². The van der Waals surface area contributed by atoms with E-state index in [9.17, 15) is 26.4 Å². The molecule has 2 rings (SSSR count). The minimum absolute atomic E-state index is 0.220. The first-order chi connectivity index (χ1) is 13.3. The van der Waals surface area contributed by atoms with Crippen LogP contribution >= 0.6 is 11.6 Å². The van der Waals surface area contributed by atoms with Gasteiger partial charge in [-0.25, -0.2) is 8.42 Å². The summed E-state index contributed by atoms with van der Waals surface area (Å²) in [5, 5.41) is 2.42. The van der Waals surface area contributed by atoms with Gasteiger partial charge in [-0.15, -0.1) is 0 Å². The Labute approximate surface area is 172 Å². The number of aryl methyl sites for hydroxylation is 1. The third-order valence-electron chi connectivity index (χ3n) is 4.18. The lowest BCUT2D eigenvalue weighted by atomic mass is 10.1. The summed E-state index contributed by atoms with van der Waals surface area (Å²) < 4.78 is 64.0. The van der Waals surface area contributed by atoms with Gasteiger partial charge in [0, 0.05) is 0 Å². The van der Waals surface area contributed by atoms with E-state index < -0.39 is 45.9 Å². The number of carbonyl (C=O) groups excluding carboxylic acids is 1. The lowest BCUT2D eigenvalue weighted by Gasteiger charge is -2.25. The number of alkyl halides is 3. The van der Waals surface area contributed by atoms with Gasteiger partial charge in [0.05, 0.1) is 28.6 Å². The number of nitrogens with one attached hydrogen (secondary N) is 1. The van der Waals surface area contributed by atoms with Gasteiger partial charge in [0.2, 0.25) is 15.9 Å². The van der Waals surface area contributed by atoms with Crippen LogP contribution in [0, 0.1) is 6.92 Å². The number of rotatable bonds is 6. The van der Waals surface area contributed by atoms with Crippen LogP contribution in [0.15, 0.2) is 42.5 Å². The molecule has 0 bridgehead atoms. The van der Waals surface area contributed by atoms with Gasteiger partial charge in [-0.05, 0) is 37.6 Å². The van der Waals surface area contributed by atoms with Crippen LogP contribution in [0.5, 0.6) is 0 Å². The first-order valence-corrected chi connectivity index (χ1v) is 10.7. The Morgan fingerprint density at radius 1 is 1.17 bits per heavy atom. The molecule has 0 fully saturated rings. The van der Waals surface area contributed by atoms with Gasteiger partial charge in [-0.2, -0.15) is 13.2 Å². The Morgan fingerprint density at radius 2 is 1.76 bits per heavy atom. The average molecular weight is 449 g/mol. The van der Waals surface area contributed by atoms with E-state index in [0.717, 1.165) is 29.5 Å². The molecular formula is C19H20ClF3N2O3S. The number of hydrogen-bond donors (Lipinski definition) is 1. The van der Waals surface area contributed by atoms with Crippen LogP contribution in [0.1, 0.15) is 29.7 Å². The molecule has 0 aliphatic heterocycles. The molecule has 1 atom stereocenters. The average Bonchev–Trinajstić information content (AvgIpc) is 2.59. The monoisotopic (exact) mass is 448 g/mol. The summed E-state index contributed by atoms with van der Waals surface area (Å²) in [6.07, 6.45) is -3.90. The maximum atomic E-state index is 13.0. The van der Waals surface area contributed by atoms with Gasteiger partial charge < -0.3 is 5.32 Å². The minimum Gasteiger partial charge on any atom is -0.348 e. The second-order valence-corrected chi connectivity index (χ2v) is 8.95. The standard InChI is InChI=1S/C19H20ClF3N2O3S/c1-12-4-6-14(7-5-12)13(2)24-18(26)11-25(29(3,27)28)17-10-15(19(21,22)23)8-9-16(17)20/h4-10,13H,11H2,1-3H3,(H,24,26). The molecule has 1 amide bonds. The van der Waals surface area contributed by atoms with Crippen LogP contribution in [-0.2, 0) is 21.0 Å². The Hall–Kier alpha value is -2.26. The van der Waals surface area contributed by atoms with Crippen molar-refractivity contribution in [2.45, 2.75) is 26.1 Å². The van der Waals surface area contributed by atoms with E-state index in [4.69, 9.17) is 11.6 Å². The number of sulfonamides is 1. The summed E-state index contributed by atoms with van der Waals surface area (Å²) in [4.78, 5) is 12.4. The first kappa shape index (κ1) is 23.0. The zero-order valence-electron chi connectivity index (χ0n) is 15.9. The summed E-state index contributed by atoms with van der Waals surface area (Å²) in [6, 6.07) is 9.24. The number of anilines is 1. The molecule has 0 heterocycles. The highest BCUT2D eigenvalue weighted by molar-refractivity contribution is 7.92. The van der Waals surface area contributed by atoms with Crippen molar-refractivity contribution in [3.05, 3.63) is 64.2 Å². The van der Waals surface area contributed by atoms with Crippen molar-refractivity contribution in [1.82, 2.24) is 5.32 Å². The van der Waals surface area contributed by atoms with Crippen molar-refractivity contribution < 1.29 is 26.4 Å². The highest BCUT2D eigenvalue weighted by Gasteiger charge is 2.33. The highest BCUT2D eigenvalue weighted by Crippen LogP contribution is 2.36. The first-order valence-electron chi connectivity index (χ1n) is 8.49. The largest absolute Gasteiger partial charge is 0.416 e. The lowest BCUT2D eigenvalue weighted by molar-refractivity contribution is -0.137. The number of hydrogen-bond acceptors (Lipinski definition) is 3. The van der Waals surface area contributed by atoms with E-state index in [-0.39, 0.29) is 5.02 Å². The zero-order chi connectivity index (χ0) is 22.0. The lowest BCUT2D eigenvalue weighted by Crippen LogP contribution is -2.41. The Kier molecular flexibility index (Phi) is 6.85. The van der Waals surface area contributed by atoms with Crippen molar-refractivity contribution in [2.75, 3.05) is 17.1 Å². The molecule has 0 radical (unpaired) electrons. The fraction of sp³-hybridized carbons (Fsp3) is 0.316. The van der Waals surface area contributed by atoms with Crippen LogP contribution < -0.4 is 9.62 Å². The van der Waals surface area contributed by atoms with E-state index >= 15 is 0 Å². The smallest absolute Gasteiger partial charge is 0.348 e. The molecule has 10 heteroatoms. The van der Waals surface area contributed by atoms with E-state index in [1.54, 1.807) is 6.92 Å². The third-order valence-corrected chi connectivity index (χ3v) is 5.63. The number of carbonyl (C=O) groups is 1. The van der Waals surface area contributed by atoms with Crippen molar-refractivity contribution in [3.63, 3.8) is 0 Å². The summed E-state index contributed by atoms with van der Waals surface area (Å²) in [5.74, 6) is -0.683. The van der Waals surface area contributed by atoms with Gasteiger partial charge in [-0.1, -0.05) is 41.4 Å². The molecule has 0 saturated heterocycles. The zero-order valence-corrected chi connectivity index (χ0v) is 17.5. The number of halogens is 4. The van der Waals surface area contributed by atoms with Gasteiger partial charge in [-0.3, -0.25) is 9.10 Å². The van der Waals surface area contributed by atoms with Gasteiger partial charge in [0.15, 0.2) is 0 Å². The molecule has 0 spiro atoms. The van der Waals surface area contributed by atoms with Crippen LogP contribution in [0.25, 0.3) is 0 Å². The second-order valence-electron chi connectivity index (χ2n) is 6.63. The molecule has 0 aliphatic carbocycles. The molecule has 2 aromatic carbocycles. The fourth-order valence-electron chi connectivity index (χ4n) is 2.62. The maximum Gasteiger partial charge on any atom is 0.416 e. The summed E-state index contributed by atoms with van der Waals surface area (Å²) in [6.45, 7) is 2.91. The summed E-state index contributed by atoms with van der Waals surface area (Å²) in [7, 11) is -4.08. The molecular weight excluding hydrogens is 429 g/mol. The summed E-state index contributed by atoms with van der Waals surface area (Å²) in [5.41, 5.74) is 0.350. The minimum atomic E-state index is -4.69. The second kappa shape index (κ2) is 8.62. The number of nitrogens with zero attached hydrogens (tertiary/aromatic N) is 1. The van der Waals surface area contributed by atoms with Gasteiger partial charge in [0.25, 0.3) is 0 Å². The van der Waals surface area contributed by atoms with Crippen LogP contribution in [0.4, 0.5) is 18.9 Å². The Bertz CT molecular complexity index is 993. The van der Waals surface area contributed by atoms with Crippen molar-refractivity contribution in [2.24, 2.45) is 0 Å². The predicted octanol–water partition coefficient (Wildman–Crippen LogP) is 4.31. The van der Waals surface area contributed by atoms with E-state index in [0.29, 0.717) is 10.4 Å². The van der Waals surface area contributed by atoms with E-state index in [2.05, 4.69) is 5.32 Å². The fourth-order valence-corrected chi connectivity index (χ4v) is 3.75. The topological polar surface area (TPSA) is 66.5 Å². The Balaban J connectivity index is 2.28. The molecule has 158 valence electrons. The quantitative estimate of drug-likeness (QED) is 0.716. The molecule has 1 N–H and O–H groups in total. The Morgan fingerprint density at radius 3 is 2.28 bits per heavy atom. The molecule has 5 nitrogen and oxygen atoms in total. The normalized spacial score (nSPS) is 13.1. The molecule has 0 aliphatic rings. The van der Waals surface area contributed by atoms with Crippen LogP contribution in [0.2, 0.25) is 5.02 Å². The molecule has 1 unspecified atom stereocenters. The van der Waals surface area contributed by atoms with E-state index in [1.807, 2.05) is 31.2 Å². The van der Waals surface area contributed by atoms with Gasteiger partial charge in [0.1, 0.15) is 6.54 Å². The van der Waals surface area contributed by atoms with E-state index in [1.165, 1.54) is 0 Å². The van der Waals surface area contributed by atoms with Crippen molar-refractivity contribution >= 4 is 33.2 Å². The molecule has 29 heavy (non-hydrogen) atoms. The molecule has 0 aromatic heterocycles. The van der Waals surface area contributed by atoms with Crippen molar-refractivity contribution in [1.29, 1.82) is 0 Å². The van der Waals surface area contributed by atoms with Gasteiger partial charge >= 0.3 is 6.18 Å². The molecule has 2 aromatic rings. The third kappa shape index (κ3) is 6.11. The summed E-state index contributed by atoms with van der Waals surface area (Å²) >= 11 is 5.94.